The van der Waals surface area contributed by atoms with E-state index < -0.39 is 0 Å². The van der Waals surface area contributed by atoms with Crippen LogP contribution in [-0.2, 0) is 6.42 Å². The van der Waals surface area contributed by atoms with Crippen molar-refractivity contribution in [3.05, 3.63) is 35.9 Å². The van der Waals surface area contributed by atoms with E-state index in [-0.39, 0.29) is 12.6 Å². The Balaban J connectivity index is 1.42. The van der Waals surface area contributed by atoms with Gasteiger partial charge in [-0.2, -0.15) is 0 Å². The van der Waals surface area contributed by atoms with E-state index in [4.69, 9.17) is 0 Å². The number of aliphatic hydroxyl groups excluding tert-OH is 1. The van der Waals surface area contributed by atoms with Gasteiger partial charge in [0.1, 0.15) is 0 Å². The standard InChI is InChI=1S/C19H27NO/c21-12-18(11-13-4-2-1-3-5-13)20-19-16-7-14-6-15(9-16)10-17(19)8-14/h1-5,14-21H,6-12H2. The number of benzene rings is 1. The molecular formula is C19H27NO. The van der Waals surface area contributed by atoms with Crippen molar-refractivity contribution in [3.63, 3.8) is 0 Å². The van der Waals surface area contributed by atoms with Gasteiger partial charge in [-0.1, -0.05) is 30.3 Å². The summed E-state index contributed by atoms with van der Waals surface area (Å²) in [6, 6.07) is 11.5. The number of hydrogen-bond donors (Lipinski definition) is 2. The molecule has 4 aliphatic rings. The van der Waals surface area contributed by atoms with Crippen molar-refractivity contribution in [1.29, 1.82) is 0 Å². The molecular weight excluding hydrogens is 258 g/mol. The van der Waals surface area contributed by atoms with Crippen molar-refractivity contribution in [2.45, 2.75) is 50.6 Å². The van der Waals surface area contributed by atoms with E-state index in [9.17, 15) is 5.11 Å². The van der Waals surface area contributed by atoms with E-state index in [2.05, 4.69) is 35.6 Å². The minimum absolute atomic E-state index is 0.218. The van der Waals surface area contributed by atoms with Gasteiger partial charge in [-0.3, -0.25) is 0 Å². The first-order valence-corrected chi connectivity index (χ1v) is 8.72. The SMILES string of the molecule is OCC(Cc1ccccc1)NC1C2CC3CC(C2)CC1C3. The molecule has 114 valence electrons. The highest BCUT2D eigenvalue weighted by atomic mass is 16.3. The van der Waals surface area contributed by atoms with Gasteiger partial charge >= 0.3 is 0 Å². The summed E-state index contributed by atoms with van der Waals surface area (Å²) in [5.41, 5.74) is 1.33. The second kappa shape index (κ2) is 5.73. The van der Waals surface area contributed by atoms with Crippen LogP contribution >= 0.6 is 0 Å². The summed E-state index contributed by atoms with van der Waals surface area (Å²) in [4.78, 5) is 0. The summed E-state index contributed by atoms with van der Waals surface area (Å²) in [5, 5.41) is 13.6. The monoisotopic (exact) mass is 285 g/mol. The Bertz CT molecular complexity index is 444. The van der Waals surface area contributed by atoms with E-state index in [1.54, 1.807) is 0 Å². The molecule has 21 heavy (non-hydrogen) atoms. The van der Waals surface area contributed by atoms with Gasteiger partial charge in [0, 0.05) is 12.1 Å². The van der Waals surface area contributed by atoms with Gasteiger partial charge in [0.05, 0.1) is 6.61 Å². The maximum atomic E-state index is 9.78. The first kappa shape index (κ1) is 13.8. The van der Waals surface area contributed by atoms with Gasteiger partial charge in [0.2, 0.25) is 0 Å². The Morgan fingerprint density at radius 2 is 1.57 bits per heavy atom. The van der Waals surface area contributed by atoms with Gasteiger partial charge in [-0.05, 0) is 67.8 Å². The minimum Gasteiger partial charge on any atom is -0.395 e. The topological polar surface area (TPSA) is 32.3 Å². The molecule has 1 unspecified atom stereocenters. The van der Waals surface area contributed by atoms with Crippen molar-refractivity contribution in [1.82, 2.24) is 5.32 Å². The molecule has 0 saturated heterocycles. The second-order valence-electron chi connectivity index (χ2n) is 7.69. The maximum absolute atomic E-state index is 9.78. The molecule has 2 heteroatoms. The molecule has 1 atom stereocenters. The van der Waals surface area contributed by atoms with Crippen molar-refractivity contribution in [3.8, 4) is 0 Å². The number of hydrogen-bond acceptors (Lipinski definition) is 2. The van der Waals surface area contributed by atoms with Crippen LogP contribution in [0.15, 0.2) is 30.3 Å². The van der Waals surface area contributed by atoms with E-state index in [0.717, 1.165) is 30.1 Å². The van der Waals surface area contributed by atoms with Crippen LogP contribution in [0.2, 0.25) is 0 Å². The van der Waals surface area contributed by atoms with Crippen molar-refractivity contribution in [2.75, 3.05) is 6.61 Å². The third-order valence-electron chi connectivity index (χ3n) is 6.20. The zero-order valence-electron chi connectivity index (χ0n) is 12.7. The largest absolute Gasteiger partial charge is 0.395 e. The zero-order valence-corrected chi connectivity index (χ0v) is 12.7. The maximum Gasteiger partial charge on any atom is 0.0587 e. The minimum atomic E-state index is 0.218. The smallest absolute Gasteiger partial charge is 0.0587 e. The van der Waals surface area contributed by atoms with Crippen LogP contribution in [0.4, 0.5) is 0 Å². The average Bonchev–Trinajstić information content (AvgIpc) is 2.50. The highest BCUT2D eigenvalue weighted by Crippen LogP contribution is 2.53. The molecule has 0 aliphatic heterocycles. The number of nitrogens with one attached hydrogen (secondary N) is 1. The lowest BCUT2D eigenvalue weighted by molar-refractivity contribution is -0.0200. The Morgan fingerprint density at radius 3 is 2.14 bits per heavy atom. The van der Waals surface area contributed by atoms with E-state index in [1.807, 2.05) is 0 Å². The Kier molecular flexibility index (Phi) is 3.76. The number of aliphatic hydroxyl groups is 1. The molecule has 4 bridgehead atoms. The summed E-state index contributed by atoms with van der Waals surface area (Å²) >= 11 is 0. The summed E-state index contributed by atoms with van der Waals surface area (Å²) in [6.45, 7) is 0.248. The van der Waals surface area contributed by atoms with Crippen LogP contribution in [0.3, 0.4) is 0 Å². The lowest BCUT2D eigenvalue weighted by Crippen LogP contribution is -2.57. The van der Waals surface area contributed by atoms with Gasteiger partial charge in [0.25, 0.3) is 0 Å². The van der Waals surface area contributed by atoms with Gasteiger partial charge in [0.15, 0.2) is 0 Å². The third kappa shape index (κ3) is 2.76. The van der Waals surface area contributed by atoms with Crippen molar-refractivity contribution in [2.24, 2.45) is 23.7 Å². The summed E-state index contributed by atoms with van der Waals surface area (Å²) < 4.78 is 0. The van der Waals surface area contributed by atoms with Gasteiger partial charge in [-0.15, -0.1) is 0 Å². The van der Waals surface area contributed by atoms with Crippen LogP contribution in [0.25, 0.3) is 0 Å². The molecule has 5 rings (SSSR count). The Hall–Kier alpha value is -0.860. The fraction of sp³-hybridized carbons (Fsp3) is 0.684. The molecule has 1 aromatic carbocycles. The molecule has 0 amide bonds. The Labute approximate surface area is 128 Å². The van der Waals surface area contributed by atoms with Crippen LogP contribution in [0.5, 0.6) is 0 Å². The van der Waals surface area contributed by atoms with Crippen LogP contribution in [-0.4, -0.2) is 23.8 Å². The quantitative estimate of drug-likeness (QED) is 0.871. The molecule has 0 heterocycles. The molecule has 2 nitrogen and oxygen atoms in total. The summed E-state index contributed by atoms with van der Waals surface area (Å²) in [7, 11) is 0. The molecule has 1 aromatic rings. The second-order valence-corrected chi connectivity index (χ2v) is 7.69. The fourth-order valence-electron chi connectivity index (χ4n) is 5.54. The highest BCUT2D eigenvalue weighted by Gasteiger charge is 2.48. The summed E-state index contributed by atoms with van der Waals surface area (Å²) in [6.07, 6.45) is 8.21. The number of rotatable bonds is 5. The first-order chi connectivity index (χ1) is 10.3. The van der Waals surface area contributed by atoms with Crippen molar-refractivity contribution >= 4 is 0 Å². The normalized spacial score (nSPS) is 38.6. The van der Waals surface area contributed by atoms with Crippen LogP contribution < -0.4 is 5.32 Å². The Morgan fingerprint density at radius 1 is 0.952 bits per heavy atom. The fourth-order valence-corrected chi connectivity index (χ4v) is 5.54. The lowest BCUT2D eigenvalue weighted by Gasteiger charge is -2.55. The molecule has 0 spiro atoms. The molecule has 2 N–H and O–H groups in total. The van der Waals surface area contributed by atoms with E-state index >= 15 is 0 Å². The predicted octanol–water partition coefficient (Wildman–Crippen LogP) is 3.00. The lowest BCUT2D eigenvalue weighted by atomic mass is 9.54. The first-order valence-electron chi connectivity index (χ1n) is 8.72. The third-order valence-corrected chi connectivity index (χ3v) is 6.20. The summed E-state index contributed by atoms with van der Waals surface area (Å²) in [5.74, 6) is 3.80. The molecule has 4 saturated carbocycles. The molecule has 4 fully saturated rings. The van der Waals surface area contributed by atoms with Crippen molar-refractivity contribution < 1.29 is 5.11 Å². The van der Waals surface area contributed by atoms with E-state index in [0.29, 0.717) is 6.04 Å². The average molecular weight is 285 g/mol. The van der Waals surface area contributed by atoms with Crippen LogP contribution in [0, 0.1) is 23.7 Å². The van der Waals surface area contributed by atoms with Crippen LogP contribution in [0.1, 0.15) is 37.7 Å². The molecule has 4 aliphatic carbocycles. The zero-order chi connectivity index (χ0) is 14.2. The van der Waals surface area contributed by atoms with Gasteiger partial charge < -0.3 is 10.4 Å². The molecule has 0 aromatic heterocycles. The predicted molar refractivity (Wildman–Crippen MR) is 85.0 cm³/mol. The highest BCUT2D eigenvalue weighted by molar-refractivity contribution is 5.16. The molecule has 0 radical (unpaired) electrons. The van der Waals surface area contributed by atoms with Gasteiger partial charge in [-0.25, -0.2) is 0 Å². The van der Waals surface area contributed by atoms with E-state index in [1.165, 1.54) is 37.7 Å².